The summed E-state index contributed by atoms with van der Waals surface area (Å²) >= 11 is 0. The van der Waals surface area contributed by atoms with Crippen molar-refractivity contribution in [3.8, 4) is 5.75 Å². The van der Waals surface area contributed by atoms with Crippen LogP contribution in [0.4, 0.5) is 0 Å². The lowest BCUT2D eigenvalue weighted by Crippen LogP contribution is -2.47. The van der Waals surface area contributed by atoms with Gasteiger partial charge < -0.3 is 4.74 Å². The van der Waals surface area contributed by atoms with Crippen LogP contribution in [0.1, 0.15) is 49.7 Å². The molecule has 0 N–H and O–H groups in total. The summed E-state index contributed by atoms with van der Waals surface area (Å²) in [7, 11) is 1.76. The van der Waals surface area contributed by atoms with Crippen molar-refractivity contribution in [2.75, 3.05) is 20.2 Å². The Morgan fingerprint density at radius 2 is 2.00 bits per heavy atom. The molecule has 0 amide bonds. The third-order valence-electron chi connectivity index (χ3n) is 7.41. The van der Waals surface area contributed by atoms with E-state index in [1.807, 2.05) is 0 Å². The van der Waals surface area contributed by atoms with Gasteiger partial charge in [0, 0.05) is 24.9 Å². The first-order valence-electron chi connectivity index (χ1n) is 10.7. The molecule has 3 heteroatoms. The Labute approximate surface area is 157 Å². The van der Waals surface area contributed by atoms with Gasteiger partial charge in [0.2, 0.25) is 0 Å². The number of rotatable bonds is 4. The van der Waals surface area contributed by atoms with Crippen LogP contribution in [0.25, 0.3) is 0 Å². The number of aryl methyl sites for hydroxylation is 1. The number of hydrogen-bond donors (Lipinski definition) is 0. The van der Waals surface area contributed by atoms with E-state index in [9.17, 15) is 4.79 Å². The van der Waals surface area contributed by atoms with Gasteiger partial charge in [-0.1, -0.05) is 6.07 Å². The van der Waals surface area contributed by atoms with E-state index < -0.39 is 0 Å². The quantitative estimate of drug-likeness (QED) is 0.823. The molecule has 1 heterocycles. The van der Waals surface area contributed by atoms with Crippen molar-refractivity contribution < 1.29 is 9.53 Å². The van der Waals surface area contributed by atoms with Gasteiger partial charge in [-0.3, -0.25) is 9.69 Å². The van der Waals surface area contributed by atoms with E-state index in [-0.39, 0.29) is 0 Å². The molecular formula is C23H31NO2. The van der Waals surface area contributed by atoms with E-state index in [0.717, 1.165) is 43.3 Å². The minimum atomic E-state index is 0.414. The van der Waals surface area contributed by atoms with E-state index in [0.29, 0.717) is 23.7 Å². The van der Waals surface area contributed by atoms with Crippen molar-refractivity contribution in [2.24, 2.45) is 23.7 Å². The van der Waals surface area contributed by atoms with Crippen molar-refractivity contribution in [3.63, 3.8) is 0 Å². The van der Waals surface area contributed by atoms with E-state index in [1.54, 1.807) is 7.11 Å². The van der Waals surface area contributed by atoms with Crippen LogP contribution in [0.2, 0.25) is 0 Å². The molecular weight excluding hydrogens is 322 g/mol. The number of nitrogens with zero attached hydrogens (tertiary/aromatic N) is 1. The summed E-state index contributed by atoms with van der Waals surface area (Å²) < 4.78 is 5.47. The second-order valence-electron chi connectivity index (χ2n) is 9.12. The average molecular weight is 354 g/mol. The molecule has 4 aliphatic rings. The standard InChI is InChI=1S/C23H31NO2/c1-26-18-7-6-17-12-22(19-8-9-23(25)21-13-20(19)21)24(14-15-4-5-15)10-2-3-16(17)11-18/h6-7,11,15,19-22H,2-5,8-10,12-14H2,1H3. The third-order valence-corrected chi connectivity index (χ3v) is 7.41. The average Bonchev–Trinajstić information content (AvgIpc) is 3.52. The number of Topliss-reactive ketones (excluding diaryl/α,β-unsaturated/α-hetero) is 1. The fraction of sp³-hybridized carbons (Fsp3) is 0.696. The Morgan fingerprint density at radius 3 is 2.81 bits per heavy atom. The lowest BCUT2D eigenvalue weighted by molar-refractivity contribution is -0.122. The summed E-state index contributed by atoms with van der Waals surface area (Å²) in [5.41, 5.74) is 3.00. The Kier molecular flexibility index (Phi) is 4.31. The molecule has 3 nitrogen and oxygen atoms in total. The monoisotopic (exact) mass is 353 g/mol. The van der Waals surface area contributed by atoms with Crippen LogP contribution in [-0.2, 0) is 17.6 Å². The molecule has 0 bridgehead atoms. The summed E-state index contributed by atoms with van der Waals surface area (Å²) in [6.45, 7) is 2.51. The highest BCUT2D eigenvalue weighted by Crippen LogP contribution is 2.53. The van der Waals surface area contributed by atoms with Gasteiger partial charge in [-0.05, 0) is 92.5 Å². The van der Waals surface area contributed by atoms with Gasteiger partial charge in [-0.2, -0.15) is 0 Å². The van der Waals surface area contributed by atoms with Crippen LogP contribution >= 0.6 is 0 Å². The van der Waals surface area contributed by atoms with Crippen molar-refractivity contribution >= 4 is 5.78 Å². The smallest absolute Gasteiger partial charge is 0.136 e. The zero-order chi connectivity index (χ0) is 17.7. The number of hydrogen-bond acceptors (Lipinski definition) is 3. The number of carbonyl (C=O) groups excluding carboxylic acids is 1. The molecule has 0 aromatic heterocycles. The molecule has 3 aliphatic carbocycles. The molecule has 4 atom stereocenters. The molecule has 1 aliphatic heterocycles. The zero-order valence-corrected chi connectivity index (χ0v) is 16.0. The van der Waals surface area contributed by atoms with Gasteiger partial charge in [0.05, 0.1) is 7.11 Å². The Balaban J connectivity index is 1.43. The maximum absolute atomic E-state index is 12.1. The summed E-state index contributed by atoms with van der Waals surface area (Å²) in [5.74, 6) is 4.30. The first kappa shape index (κ1) is 16.8. The molecule has 3 saturated carbocycles. The lowest BCUT2D eigenvalue weighted by Gasteiger charge is -2.41. The van der Waals surface area contributed by atoms with Crippen molar-refractivity contribution in [1.29, 1.82) is 0 Å². The molecule has 26 heavy (non-hydrogen) atoms. The number of benzene rings is 1. The maximum Gasteiger partial charge on any atom is 0.136 e. The second kappa shape index (κ2) is 6.67. The number of carbonyl (C=O) groups is 1. The minimum Gasteiger partial charge on any atom is -0.497 e. The fourth-order valence-corrected chi connectivity index (χ4v) is 5.68. The molecule has 0 spiro atoms. The van der Waals surface area contributed by atoms with Crippen molar-refractivity contribution in [2.45, 2.75) is 57.4 Å². The second-order valence-corrected chi connectivity index (χ2v) is 9.12. The maximum atomic E-state index is 12.1. The molecule has 0 saturated heterocycles. The highest BCUT2D eigenvalue weighted by atomic mass is 16.5. The Morgan fingerprint density at radius 1 is 1.12 bits per heavy atom. The highest BCUT2D eigenvalue weighted by Gasteiger charge is 2.53. The topological polar surface area (TPSA) is 29.5 Å². The number of methoxy groups -OCH3 is 1. The molecule has 1 aromatic rings. The fourth-order valence-electron chi connectivity index (χ4n) is 5.68. The van der Waals surface area contributed by atoms with Crippen LogP contribution < -0.4 is 4.74 Å². The van der Waals surface area contributed by atoms with Crippen molar-refractivity contribution in [3.05, 3.63) is 29.3 Å². The van der Waals surface area contributed by atoms with E-state index >= 15 is 0 Å². The van der Waals surface area contributed by atoms with Gasteiger partial charge in [0.1, 0.15) is 11.5 Å². The van der Waals surface area contributed by atoms with Crippen LogP contribution in [0, 0.1) is 23.7 Å². The summed E-state index contributed by atoms with van der Waals surface area (Å²) in [6, 6.07) is 7.33. The van der Waals surface area contributed by atoms with E-state index in [2.05, 4.69) is 23.1 Å². The molecule has 4 unspecified atom stereocenters. The molecule has 0 radical (unpaired) electrons. The molecule has 5 rings (SSSR count). The number of ketones is 1. The summed E-state index contributed by atoms with van der Waals surface area (Å²) in [5, 5.41) is 0. The number of ether oxygens (including phenoxy) is 1. The Bertz CT molecular complexity index is 695. The third kappa shape index (κ3) is 3.19. The van der Waals surface area contributed by atoms with E-state index in [4.69, 9.17) is 4.74 Å². The van der Waals surface area contributed by atoms with Gasteiger partial charge in [0.25, 0.3) is 0 Å². The first-order chi connectivity index (χ1) is 12.7. The van der Waals surface area contributed by atoms with Crippen molar-refractivity contribution in [1.82, 2.24) is 4.90 Å². The highest BCUT2D eigenvalue weighted by molar-refractivity contribution is 5.84. The van der Waals surface area contributed by atoms with Crippen LogP contribution in [-0.4, -0.2) is 36.9 Å². The van der Waals surface area contributed by atoms with Crippen LogP contribution in [0.5, 0.6) is 5.75 Å². The van der Waals surface area contributed by atoms with Gasteiger partial charge in [-0.15, -0.1) is 0 Å². The molecule has 1 aromatic carbocycles. The first-order valence-corrected chi connectivity index (χ1v) is 10.7. The van der Waals surface area contributed by atoms with Gasteiger partial charge in [0.15, 0.2) is 0 Å². The van der Waals surface area contributed by atoms with E-state index in [1.165, 1.54) is 49.9 Å². The Hall–Kier alpha value is -1.35. The van der Waals surface area contributed by atoms with Crippen LogP contribution in [0.3, 0.4) is 0 Å². The molecule has 140 valence electrons. The number of fused-ring (bicyclic) bond motifs is 2. The predicted octanol–water partition coefficient (Wildman–Crippen LogP) is 3.88. The normalized spacial score (nSPS) is 34.4. The van der Waals surface area contributed by atoms with Crippen LogP contribution in [0.15, 0.2) is 18.2 Å². The largest absolute Gasteiger partial charge is 0.497 e. The summed E-state index contributed by atoms with van der Waals surface area (Å²) in [6.07, 6.45) is 9.53. The minimum absolute atomic E-state index is 0.414. The molecule has 3 fully saturated rings. The zero-order valence-electron chi connectivity index (χ0n) is 16.0. The SMILES string of the molecule is COc1ccc2c(c1)CCCN(CC1CC1)C(C1CCC(=O)C3CC31)C2. The predicted molar refractivity (Wildman–Crippen MR) is 102 cm³/mol. The lowest BCUT2D eigenvalue weighted by atomic mass is 9.78. The van der Waals surface area contributed by atoms with Gasteiger partial charge >= 0.3 is 0 Å². The summed E-state index contributed by atoms with van der Waals surface area (Å²) in [4.78, 5) is 14.9. The van der Waals surface area contributed by atoms with Gasteiger partial charge in [-0.25, -0.2) is 0 Å².